The average Bonchev–Trinajstić information content (AvgIpc) is 2.42. The lowest BCUT2D eigenvalue weighted by Crippen LogP contribution is -2.52. The molecule has 0 aliphatic carbocycles. The van der Waals surface area contributed by atoms with Gasteiger partial charge in [-0.3, -0.25) is 4.90 Å². The lowest BCUT2D eigenvalue weighted by Gasteiger charge is -2.42. The van der Waals surface area contributed by atoms with Gasteiger partial charge >= 0.3 is 0 Å². The minimum Gasteiger partial charge on any atom is -0.381 e. The van der Waals surface area contributed by atoms with Crippen molar-refractivity contribution in [2.75, 3.05) is 20.2 Å². The maximum Gasteiger partial charge on any atom is 0.0599 e. The molecule has 1 fully saturated rings. The Morgan fingerprint density at radius 1 is 1.33 bits per heavy atom. The lowest BCUT2D eigenvalue weighted by molar-refractivity contribution is -0.00283. The van der Waals surface area contributed by atoms with Crippen molar-refractivity contribution in [1.29, 1.82) is 0 Å². The molecule has 3 atom stereocenters. The number of hydrogen-bond donors (Lipinski definition) is 1. The summed E-state index contributed by atoms with van der Waals surface area (Å²) in [7, 11) is 1.82. The zero-order valence-corrected chi connectivity index (χ0v) is 12.5. The summed E-state index contributed by atoms with van der Waals surface area (Å²) in [5.74, 6) is 0. The molecule has 1 rings (SSSR count). The van der Waals surface area contributed by atoms with E-state index in [2.05, 4.69) is 18.7 Å². The number of likely N-dealkylation sites (tertiary alicyclic amines) is 1. The first-order valence-electron chi connectivity index (χ1n) is 7.71. The van der Waals surface area contributed by atoms with Crippen LogP contribution in [-0.2, 0) is 4.74 Å². The molecule has 1 saturated heterocycles. The van der Waals surface area contributed by atoms with Crippen molar-refractivity contribution in [2.24, 2.45) is 5.73 Å². The van der Waals surface area contributed by atoms with Gasteiger partial charge in [-0.25, -0.2) is 0 Å². The van der Waals surface area contributed by atoms with Crippen molar-refractivity contribution < 1.29 is 4.74 Å². The highest BCUT2D eigenvalue weighted by Crippen LogP contribution is 2.23. The summed E-state index contributed by atoms with van der Waals surface area (Å²) >= 11 is 0. The second kappa shape index (κ2) is 8.89. The van der Waals surface area contributed by atoms with Crippen LogP contribution >= 0.6 is 0 Å². The van der Waals surface area contributed by atoms with Gasteiger partial charge in [0.05, 0.1) is 6.10 Å². The Kier molecular flexibility index (Phi) is 7.87. The first-order chi connectivity index (χ1) is 8.72. The first kappa shape index (κ1) is 15.9. The average molecular weight is 256 g/mol. The summed E-state index contributed by atoms with van der Waals surface area (Å²) < 4.78 is 5.48. The van der Waals surface area contributed by atoms with Gasteiger partial charge in [0.1, 0.15) is 0 Å². The maximum absolute atomic E-state index is 5.93. The van der Waals surface area contributed by atoms with Gasteiger partial charge in [-0.05, 0) is 26.2 Å². The topological polar surface area (TPSA) is 38.5 Å². The number of nitrogens with zero attached hydrogens (tertiary/aromatic N) is 1. The van der Waals surface area contributed by atoms with E-state index < -0.39 is 0 Å². The number of unbranched alkanes of at least 4 members (excludes halogenated alkanes) is 3. The molecule has 0 spiro atoms. The summed E-state index contributed by atoms with van der Waals surface area (Å²) in [4.78, 5) is 2.61. The van der Waals surface area contributed by atoms with Gasteiger partial charge in [0, 0.05) is 32.3 Å². The maximum atomic E-state index is 5.93. The second-order valence-corrected chi connectivity index (χ2v) is 5.71. The molecule has 3 nitrogen and oxygen atoms in total. The third kappa shape index (κ3) is 4.87. The predicted octanol–water partition coefficient (Wildman–Crippen LogP) is 2.78. The van der Waals surface area contributed by atoms with E-state index in [1.807, 2.05) is 7.11 Å². The van der Waals surface area contributed by atoms with E-state index in [1.165, 1.54) is 32.1 Å². The van der Waals surface area contributed by atoms with Crippen LogP contribution in [-0.4, -0.2) is 43.3 Å². The Balaban J connectivity index is 2.33. The van der Waals surface area contributed by atoms with Gasteiger partial charge in [0.25, 0.3) is 0 Å². The molecular weight excluding hydrogens is 224 g/mol. The molecule has 1 aliphatic rings. The van der Waals surface area contributed by atoms with E-state index in [0.29, 0.717) is 18.2 Å². The van der Waals surface area contributed by atoms with Gasteiger partial charge in [-0.15, -0.1) is 0 Å². The van der Waals surface area contributed by atoms with Crippen molar-refractivity contribution in [3.8, 4) is 0 Å². The Bertz CT molecular complexity index is 211. The largest absolute Gasteiger partial charge is 0.381 e. The zero-order valence-electron chi connectivity index (χ0n) is 12.5. The molecule has 1 aliphatic heterocycles. The van der Waals surface area contributed by atoms with E-state index in [-0.39, 0.29) is 0 Å². The molecule has 0 bridgehead atoms. The minimum atomic E-state index is 0.419. The second-order valence-electron chi connectivity index (χ2n) is 5.71. The predicted molar refractivity (Wildman–Crippen MR) is 77.8 cm³/mol. The Morgan fingerprint density at radius 2 is 2.11 bits per heavy atom. The van der Waals surface area contributed by atoms with E-state index >= 15 is 0 Å². The summed E-state index contributed by atoms with van der Waals surface area (Å²) in [5, 5.41) is 0. The van der Waals surface area contributed by atoms with Crippen LogP contribution in [0.2, 0.25) is 0 Å². The van der Waals surface area contributed by atoms with Crippen molar-refractivity contribution >= 4 is 0 Å². The number of hydrogen-bond acceptors (Lipinski definition) is 3. The fraction of sp³-hybridized carbons (Fsp3) is 1.00. The molecule has 0 aromatic heterocycles. The number of nitrogens with two attached hydrogens (primary N) is 1. The van der Waals surface area contributed by atoms with Crippen LogP contribution < -0.4 is 5.73 Å². The van der Waals surface area contributed by atoms with Crippen LogP contribution in [0.4, 0.5) is 0 Å². The summed E-state index contributed by atoms with van der Waals surface area (Å²) in [5.41, 5.74) is 5.93. The molecule has 18 heavy (non-hydrogen) atoms. The van der Waals surface area contributed by atoms with Crippen LogP contribution in [0.1, 0.15) is 58.8 Å². The molecule has 2 N–H and O–H groups in total. The number of ether oxygens (including phenoxy) is 1. The van der Waals surface area contributed by atoms with E-state index in [1.54, 1.807) is 0 Å². The highest BCUT2D eigenvalue weighted by Gasteiger charge is 2.30. The molecule has 108 valence electrons. The first-order valence-corrected chi connectivity index (χ1v) is 7.71. The van der Waals surface area contributed by atoms with E-state index in [4.69, 9.17) is 10.5 Å². The Labute approximate surface area is 113 Å². The Hall–Kier alpha value is -0.120. The molecular formula is C15H32N2O. The molecule has 0 amide bonds. The number of methoxy groups -OCH3 is 1. The SMILES string of the molecule is CCCCCCC(C)N1CCC(OC)CC1CN. The monoisotopic (exact) mass is 256 g/mol. The minimum absolute atomic E-state index is 0.419. The zero-order chi connectivity index (χ0) is 13.4. The normalized spacial score (nSPS) is 27.3. The van der Waals surface area contributed by atoms with Gasteiger partial charge in [0.2, 0.25) is 0 Å². The summed E-state index contributed by atoms with van der Waals surface area (Å²) in [6.07, 6.45) is 9.42. The highest BCUT2D eigenvalue weighted by atomic mass is 16.5. The van der Waals surface area contributed by atoms with Crippen molar-refractivity contribution in [2.45, 2.75) is 77.0 Å². The van der Waals surface area contributed by atoms with Gasteiger partial charge in [0.15, 0.2) is 0 Å². The van der Waals surface area contributed by atoms with Gasteiger partial charge < -0.3 is 10.5 Å². The number of piperidine rings is 1. The lowest BCUT2D eigenvalue weighted by atomic mass is 9.96. The van der Waals surface area contributed by atoms with Crippen molar-refractivity contribution in [1.82, 2.24) is 4.90 Å². The Morgan fingerprint density at radius 3 is 2.72 bits per heavy atom. The highest BCUT2D eigenvalue weighted by molar-refractivity contribution is 4.85. The van der Waals surface area contributed by atoms with Crippen LogP contribution in [0.15, 0.2) is 0 Å². The quantitative estimate of drug-likeness (QED) is 0.679. The molecule has 1 heterocycles. The van der Waals surface area contributed by atoms with Crippen LogP contribution in [0.3, 0.4) is 0 Å². The molecule has 0 aromatic rings. The molecule has 0 saturated carbocycles. The fourth-order valence-corrected chi connectivity index (χ4v) is 3.09. The molecule has 0 radical (unpaired) electrons. The third-order valence-corrected chi connectivity index (χ3v) is 4.36. The van der Waals surface area contributed by atoms with E-state index in [0.717, 1.165) is 25.9 Å². The summed E-state index contributed by atoms with van der Waals surface area (Å²) in [6.45, 7) is 6.54. The number of rotatable bonds is 8. The molecule has 3 heteroatoms. The molecule has 0 aromatic carbocycles. The van der Waals surface area contributed by atoms with Crippen molar-refractivity contribution in [3.63, 3.8) is 0 Å². The van der Waals surface area contributed by atoms with Crippen molar-refractivity contribution in [3.05, 3.63) is 0 Å². The van der Waals surface area contributed by atoms with Crippen LogP contribution in [0, 0.1) is 0 Å². The summed E-state index contributed by atoms with van der Waals surface area (Å²) in [6, 6.07) is 1.19. The standard InChI is InChI=1S/C15H32N2O/c1-4-5-6-7-8-13(2)17-10-9-15(18-3)11-14(17)12-16/h13-15H,4-12,16H2,1-3H3. The van der Waals surface area contributed by atoms with Crippen LogP contribution in [0.25, 0.3) is 0 Å². The van der Waals surface area contributed by atoms with Crippen LogP contribution in [0.5, 0.6) is 0 Å². The third-order valence-electron chi connectivity index (χ3n) is 4.36. The van der Waals surface area contributed by atoms with E-state index in [9.17, 15) is 0 Å². The fourth-order valence-electron chi connectivity index (χ4n) is 3.09. The molecule has 3 unspecified atom stereocenters. The van der Waals surface area contributed by atoms with Gasteiger partial charge in [-0.1, -0.05) is 32.6 Å². The van der Waals surface area contributed by atoms with Gasteiger partial charge in [-0.2, -0.15) is 0 Å². The smallest absolute Gasteiger partial charge is 0.0599 e.